The topological polar surface area (TPSA) is 22.4 Å². The third-order valence-corrected chi connectivity index (χ3v) is 2.74. The second-order valence-electron chi connectivity index (χ2n) is 4.11. The fourth-order valence-electron chi connectivity index (χ4n) is 1.86. The minimum absolute atomic E-state index is 0.123. The van der Waals surface area contributed by atoms with Crippen molar-refractivity contribution in [1.82, 2.24) is 0 Å². The van der Waals surface area contributed by atoms with Gasteiger partial charge in [0.25, 0.3) is 0 Å². The highest BCUT2D eigenvalue weighted by molar-refractivity contribution is 5.78. The molecule has 0 spiro atoms. The number of ether oxygens (including phenoxy) is 1. The Balaban J connectivity index is 1.80. The van der Waals surface area contributed by atoms with Gasteiger partial charge in [-0.05, 0) is 30.3 Å². The first-order valence-corrected chi connectivity index (χ1v) is 5.78. The Morgan fingerprint density at radius 3 is 2.63 bits per heavy atom. The fraction of sp³-hybridized carbons (Fsp3) is 0.0667. The maximum absolute atomic E-state index is 13.5. The summed E-state index contributed by atoms with van der Waals surface area (Å²) < 4.78 is 37.3. The van der Waals surface area contributed by atoms with E-state index in [2.05, 4.69) is 0 Å². The minimum Gasteiger partial charge on any atom is -0.486 e. The quantitative estimate of drug-likeness (QED) is 0.701. The van der Waals surface area contributed by atoms with E-state index in [9.17, 15) is 8.78 Å². The molecule has 2 nitrogen and oxygen atoms in total. The van der Waals surface area contributed by atoms with Crippen molar-refractivity contribution in [3.8, 4) is 5.75 Å². The fourth-order valence-corrected chi connectivity index (χ4v) is 1.86. The summed E-state index contributed by atoms with van der Waals surface area (Å²) >= 11 is 0. The number of hydrogen-bond donors (Lipinski definition) is 0. The molecule has 0 amide bonds. The molecule has 0 N–H and O–H groups in total. The molecule has 0 unspecified atom stereocenters. The molecule has 1 aromatic heterocycles. The average Bonchev–Trinajstić information content (AvgIpc) is 2.81. The highest BCUT2D eigenvalue weighted by Gasteiger charge is 2.08. The molecule has 96 valence electrons. The van der Waals surface area contributed by atoms with Crippen LogP contribution in [0, 0.1) is 11.6 Å². The van der Waals surface area contributed by atoms with E-state index in [1.807, 2.05) is 0 Å². The van der Waals surface area contributed by atoms with Crippen LogP contribution in [-0.4, -0.2) is 0 Å². The molecule has 0 atom stereocenters. The Labute approximate surface area is 108 Å². The van der Waals surface area contributed by atoms with Crippen LogP contribution in [0.25, 0.3) is 11.0 Å². The predicted molar refractivity (Wildman–Crippen MR) is 66.9 cm³/mol. The lowest BCUT2D eigenvalue weighted by Gasteiger charge is -2.03. The lowest BCUT2D eigenvalue weighted by Crippen LogP contribution is -1.93. The van der Waals surface area contributed by atoms with Crippen molar-refractivity contribution >= 4 is 11.0 Å². The maximum atomic E-state index is 13.5. The molecule has 4 heteroatoms. The summed E-state index contributed by atoms with van der Waals surface area (Å²) in [4.78, 5) is 0. The normalized spacial score (nSPS) is 10.8. The average molecular weight is 260 g/mol. The van der Waals surface area contributed by atoms with Gasteiger partial charge in [-0.1, -0.05) is 12.1 Å². The van der Waals surface area contributed by atoms with Crippen molar-refractivity contribution in [2.75, 3.05) is 0 Å². The summed E-state index contributed by atoms with van der Waals surface area (Å²) in [5.74, 6) is 0.191. The van der Waals surface area contributed by atoms with Gasteiger partial charge in [0.05, 0.1) is 5.39 Å². The molecule has 0 radical (unpaired) electrons. The van der Waals surface area contributed by atoms with Crippen LogP contribution in [0.1, 0.15) is 5.76 Å². The van der Waals surface area contributed by atoms with Crippen LogP contribution in [0.4, 0.5) is 8.78 Å². The molecular formula is C15H10F2O2. The van der Waals surface area contributed by atoms with Gasteiger partial charge in [-0.15, -0.1) is 0 Å². The van der Waals surface area contributed by atoms with Gasteiger partial charge in [0.15, 0.2) is 0 Å². The minimum atomic E-state index is -0.367. The molecule has 0 bridgehead atoms. The van der Waals surface area contributed by atoms with E-state index in [-0.39, 0.29) is 18.2 Å². The Kier molecular flexibility index (Phi) is 2.91. The van der Waals surface area contributed by atoms with Gasteiger partial charge in [-0.2, -0.15) is 0 Å². The molecule has 3 rings (SSSR count). The third kappa shape index (κ3) is 2.42. The molecular weight excluding hydrogens is 250 g/mol. The summed E-state index contributed by atoms with van der Waals surface area (Å²) in [6.45, 7) is 0.123. The standard InChI is InChI=1S/C15H10F2O2/c16-10-3-1-4-11(7-10)18-9-12-8-13-14(17)5-2-6-15(13)19-12/h1-8H,9H2. The van der Waals surface area contributed by atoms with Crippen LogP contribution < -0.4 is 4.74 Å². The number of hydrogen-bond acceptors (Lipinski definition) is 2. The largest absolute Gasteiger partial charge is 0.486 e. The van der Waals surface area contributed by atoms with E-state index in [0.29, 0.717) is 22.5 Å². The van der Waals surface area contributed by atoms with Crippen LogP contribution in [0.15, 0.2) is 52.9 Å². The second kappa shape index (κ2) is 4.72. The van der Waals surface area contributed by atoms with Crippen LogP contribution >= 0.6 is 0 Å². The summed E-state index contributed by atoms with van der Waals surface area (Å²) in [5.41, 5.74) is 0.470. The van der Waals surface area contributed by atoms with Crippen molar-refractivity contribution in [3.63, 3.8) is 0 Å². The zero-order valence-electron chi connectivity index (χ0n) is 9.90. The molecule has 0 aliphatic carbocycles. The van der Waals surface area contributed by atoms with Gasteiger partial charge in [0, 0.05) is 6.07 Å². The first-order chi connectivity index (χ1) is 9.22. The summed E-state index contributed by atoms with van der Waals surface area (Å²) in [5, 5.41) is 0.417. The third-order valence-electron chi connectivity index (χ3n) is 2.74. The van der Waals surface area contributed by atoms with Gasteiger partial charge in [-0.25, -0.2) is 8.78 Å². The second-order valence-corrected chi connectivity index (χ2v) is 4.11. The van der Waals surface area contributed by atoms with Crippen LogP contribution in [0.5, 0.6) is 5.75 Å². The number of halogens is 2. The first-order valence-electron chi connectivity index (χ1n) is 5.78. The van der Waals surface area contributed by atoms with E-state index in [1.54, 1.807) is 30.3 Å². The molecule has 0 saturated carbocycles. The van der Waals surface area contributed by atoms with E-state index < -0.39 is 0 Å². The molecule has 19 heavy (non-hydrogen) atoms. The monoisotopic (exact) mass is 260 g/mol. The first kappa shape index (κ1) is 11.7. The van der Waals surface area contributed by atoms with Gasteiger partial charge >= 0.3 is 0 Å². The number of furan rings is 1. The van der Waals surface area contributed by atoms with Gasteiger partial charge in [0.2, 0.25) is 0 Å². The SMILES string of the molecule is Fc1cccc(OCc2cc3c(F)cccc3o2)c1. The summed E-state index contributed by atoms with van der Waals surface area (Å²) in [6, 6.07) is 12.0. The Bertz CT molecular complexity index is 719. The van der Waals surface area contributed by atoms with Gasteiger partial charge in [-0.3, -0.25) is 0 Å². The van der Waals surface area contributed by atoms with Crippen LogP contribution in [0.2, 0.25) is 0 Å². The lowest BCUT2D eigenvalue weighted by molar-refractivity contribution is 0.273. The van der Waals surface area contributed by atoms with Crippen molar-refractivity contribution in [2.24, 2.45) is 0 Å². The van der Waals surface area contributed by atoms with Crippen LogP contribution in [-0.2, 0) is 6.61 Å². The maximum Gasteiger partial charge on any atom is 0.146 e. The van der Waals surface area contributed by atoms with E-state index in [1.165, 1.54) is 18.2 Å². The molecule has 2 aromatic carbocycles. The smallest absolute Gasteiger partial charge is 0.146 e. The molecule has 0 aliphatic rings. The highest BCUT2D eigenvalue weighted by Crippen LogP contribution is 2.23. The van der Waals surface area contributed by atoms with Crippen molar-refractivity contribution in [2.45, 2.75) is 6.61 Å². The van der Waals surface area contributed by atoms with Gasteiger partial charge < -0.3 is 9.15 Å². The Morgan fingerprint density at radius 2 is 1.84 bits per heavy atom. The van der Waals surface area contributed by atoms with E-state index in [4.69, 9.17) is 9.15 Å². The number of fused-ring (bicyclic) bond motifs is 1. The summed E-state index contributed by atoms with van der Waals surface area (Å²) in [7, 11) is 0. The van der Waals surface area contributed by atoms with E-state index >= 15 is 0 Å². The number of rotatable bonds is 3. The van der Waals surface area contributed by atoms with Gasteiger partial charge in [0.1, 0.15) is 35.3 Å². The van der Waals surface area contributed by atoms with Crippen molar-refractivity contribution in [3.05, 3.63) is 65.9 Å². The molecule has 1 heterocycles. The van der Waals surface area contributed by atoms with Crippen molar-refractivity contribution in [1.29, 1.82) is 0 Å². The molecule has 0 saturated heterocycles. The molecule has 0 fully saturated rings. The lowest BCUT2D eigenvalue weighted by atomic mass is 10.2. The molecule has 3 aromatic rings. The Morgan fingerprint density at radius 1 is 1.00 bits per heavy atom. The van der Waals surface area contributed by atoms with E-state index in [0.717, 1.165) is 0 Å². The predicted octanol–water partition coefficient (Wildman–Crippen LogP) is 4.29. The molecule has 0 aliphatic heterocycles. The zero-order chi connectivity index (χ0) is 13.2. The van der Waals surface area contributed by atoms with Crippen LogP contribution in [0.3, 0.4) is 0 Å². The summed E-state index contributed by atoms with van der Waals surface area (Å²) in [6.07, 6.45) is 0. The van der Waals surface area contributed by atoms with Crippen molar-refractivity contribution < 1.29 is 17.9 Å². The Hall–Kier alpha value is -2.36. The zero-order valence-corrected chi connectivity index (χ0v) is 9.90. The highest BCUT2D eigenvalue weighted by atomic mass is 19.1. The number of benzene rings is 2.